The SMILES string of the molecule is COc1ccc(CNCc2c(Oc3ccc(NC(=O)c4cccc(C)c4)cc3F)ccnc2N)cc1. The van der Waals surface area contributed by atoms with E-state index in [0.717, 1.165) is 16.9 Å². The molecular weight excluding hydrogens is 459 g/mol. The van der Waals surface area contributed by atoms with E-state index in [1.54, 1.807) is 37.4 Å². The quantitative estimate of drug-likeness (QED) is 0.291. The van der Waals surface area contributed by atoms with Crippen LogP contribution >= 0.6 is 0 Å². The zero-order valence-electron chi connectivity index (χ0n) is 20.0. The molecule has 4 rings (SSSR count). The van der Waals surface area contributed by atoms with Crippen molar-refractivity contribution in [1.29, 1.82) is 0 Å². The van der Waals surface area contributed by atoms with Crippen molar-refractivity contribution in [2.24, 2.45) is 0 Å². The molecule has 0 fully saturated rings. The Bertz CT molecular complexity index is 1360. The number of anilines is 2. The third kappa shape index (κ3) is 6.17. The van der Waals surface area contributed by atoms with Gasteiger partial charge in [-0.1, -0.05) is 29.8 Å². The van der Waals surface area contributed by atoms with Crippen molar-refractivity contribution in [3.05, 3.63) is 107 Å². The smallest absolute Gasteiger partial charge is 0.255 e. The summed E-state index contributed by atoms with van der Waals surface area (Å²) in [4.78, 5) is 16.6. The Morgan fingerprint density at radius 3 is 2.53 bits per heavy atom. The van der Waals surface area contributed by atoms with E-state index in [4.69, 9.17) is 15.2 Å². The summed E-state index contributed by atoms with van der Waals surface area (Å²) in [5, 5.41) is 6.01. The van der Waals surface area contributed by atoms with Gasteiger partial charge in [-0.05, 0) is 55.0 Å². The summed E-state index contributed by atoms with van der Waals surface area (Å²) < 4.78 is 25.9. The summed E-state index contributed by atoms with van der Waals surface area (Å²) in [5.74, 6) is 0.528. The van der Waals surface area contributed by atoms with E-state index >= 15 is 0 Å². The second-order valence-corrected chi connectivity index (χ2v) is 8.20. The van der Waals surface area contributed by atoms with Crippen molar-refractivity contribution in [2.75, 3.05) is 18.2 Å². The first kappa shape index (κ1) is 24.7. The molecule has 0 bridgehead atoms. The number of aryl methyl sites for hydroxylation is 1. The van der Waals surface area contributed by atoms with E-state index in [1.165, 1.54) is 18.3 Å². The third-order valence-electron chi connectivity index (χ3n) is 5.53. The molecule has 0 spiro atoms. The number of aromatic nitrogens is 1. The molecule has 1 aromatic heterocycles. The summed E-state index contributed by atoms with van der Waals surface area (Å²) in [5.41, 5.74) is 9.54. The number of methoxy groups -OCH3 is 1. The minimum Gasteiger partial charge on any atom is -0.497 e. The van der Waals surface area contributed by atoms with Crippen LogP contribution in [-0.4, -0.2) is 18.0 Å². The van der Waals surface area contributed by atoms with Gasteiger partial charge in [0, 0.05) is 36.6 Å². The number of ether oxygens (including phenoxy) is 2. The number of nitrogens with zero attached hydrogens (tertiary/aromatic N) is 1. The Kier molecular flexibility index (Phi) is 7.77. The van der Waals surface area contributed by atoms with Gasteiger partial charge < -0.3 is 25.8 Å². The zero-order valence-corrected chi connectivity index (χ0v) is 20.0. The molecule has 0 aliphatic rings. The summed E-state index contributed by atoms with van der Waals surface area (Å²) in [6.45, 7) is 2.85. The molecular formula is C28H27FN4O3. The summed E-state index contributed by atoms with van der Waals surface area (Å²) in [6.07, 6.45) is 1.51. The Balaban J connectivity index is 1.43. The highest BCUT2D eigenvalue weighted by atomic mass is 19.1. The number of carbonyl (C=O) groups is 1. The molecule has 1 heterocycles. The third-order valence-corrected chi connectivity index (χ3v) is 5.53. The van der Waals surface area contributed by atoms with Crippen molar-refractivity contribution in [2.45, 2.75) is 20.0 Å². The maximum atomic E-state index is 14.9. The highest BCUT2D eigenvalue weighted by molar-refractivity contribution is 6.04. The number of halogens is 1. The van der Waals surface area contributed by atoms with E-state index in [1.807, 2.05) is 37.3 Å². The highest BCUT2D eigenvalue weighted by Crippen LogP contribution is 2.31. The van der Waals surface area contributed by atoms with Crippen molar-refractivity contribution in [3.63, 3.8) is 0 Å². The average Bonchev–Trinajstić information content (AvgIpc) is 2.87. The maximum Gasteiger partial charge on any atom is 0.255 e. The lowest BCUT2D eigenvalue weighted by atomic mass is 10.1. The van der Waals surface area contributed by atoms with E-state index < -0.39 is 5.82 Å². The van der Waals surface area contributed by atoms with Gasteiger partial charge in [-0.2, -0.15) is 0 Å². The lowest BCUT2D eigenvalue weighted by Gasteiger charge is -2.15. The Morgan fingerprint density at radius 1 is 1.00 bits per heavy atom. The van der Waals surface area contributed by atoms with Crippen molar-refractivity contribution >= 4 is 17.4 Å². The number of rotatable bonds is 9. The molecule has 184 valence electrons. The maximum absolute atomic E-state index is 14.9. The topological polar surface area (TPSA) is 98.5 Å². The number of hydrogen-bond acceptors (Lipinski definition) is 6. The fraction of sp³-hybridized carbons (Fsp3) is 0.143. The lowest BCUT2D eigenvalue weighted by molar-refractivity contribution is 0.102. The first-order valence-electron chi connectivity index (χ1n) is 11.4. The summed E-state index contributed by atoms with van der Waals surface area (Å²) in [6, 6.07) is 20.8. The molecule has 8 heteroatoms. The monoisotopic (exact) mass is 486 g/mol. The lowest BCUT2D eigenvalue weighted by Crippen LogP contribution is -2.15. The second-order valence-electron chi connectivity index (χ2n) is 8.20. The van der Waals surface area contributed by atoms with Gasteiger partial charge in [0.05, 0.1) is 12.7 Å². The molecule has 7 nitrogen and oxygen atoms in total. The number of nitrogens with two attached hydrogens (primary N) is 1. The number of nitrogens with one attached hydrogen (secondary N) is 2. The van der Waals surface area contributed by atoms with Crippen LogP contribution in [0.4, 0.5) is 15.9 Å². The predicted molar refractivity (Wildman–Crippen MR) is 138 cm³/mol. The number of hydrogen-bond donors (Lipinski definition) is 3. The minimum atomic E-state index is -0.621. The predicted octanol–water partition coefficient (Wildman–Crippen LogP) is 5.45. The van der Waals surface area contributed by atoms with Gasteiger partial charge in [0.25, 0.3) is 5.91 Å². The van der Waals surface area contributed by atoms with Crippen LogP contribution in [0.15, 0.2) is 79.0 Å². The van der Waals surface area contributed by atoms with Crippen molar-refractivity contribution < 1.29 is 18.7 Å². The van der Waals surface area contributed by atoms with Crippen molar-refractivity contribution in [1.82, 2.24) is 10.3 Å². The fourth-order valence-corrected chi connectivity index (χ4v) is 3.61. The molecule has 4 N–H and O–H groups in total. The molecule has 3 aromatic carbocycles. The van der Waals surface area contributed by atoms with Gasteiger partial charge in [-0.3, -0.25) is 4.79 Å². The Morgan fingerprint density at radius 2 is 1.81 bits per heavy atom. The number of amides is 1. The van der Waals surface area contributed by atoms with Crippen LogP contribution in [0.1, 0.15) is 27.0 Å². The number of carbonyl (C=O) groups excluding carboxylic acids is 1. The zero-order chi connectivity index (χ0) is 25.5. The Hall–Kier alpha value is -4.43. The number of nitrogen functional groups attached to an aromatic ring is 1. The Labute approximate surface area is 209 Å². The molecule has 0 aliphatic carbocycles. The van der Waals surface area contributed by atoms with Crippen LogP contribution in [0.25, 0.3) is 0 Å². The summed E-state index contributed by atoms with van der Waals surface area (Å²) >= 11 is 0. The van der Waals surface area contributed by atoms with Crippen LogP contribution in [-0.2, 0) is 13.1 Å². The molecule has 0 radical (unpaired) electrons. The normalized spacial score (nSPS) is 10.6. The first-order valence-corrected chi connectivity index (χ1v) is 11.4. The van der Waals surface area contributed by atoms with E-state index in [2.05, 4.69) is 15.6 Å². The van der Waals surface area contributed by atoms with Gasteiger partial charge in [0.2, 0.25) is 0 Å². The molecule has 0 saturated heterocycles. The first-order chi connectivity index (χ1) is 17.4. The standard InChI is InChI=1S/C28H27FN4O3/c1-18-4-3-5-20(14-18)28(34)33-21-8-11-26(24(29)15-21)36-25-12-13-32-27(30)23(25)17-31-16-19-6-9-22(35-2)10-7-19/h3-15,31H,16-17H2,1-2H3,(H2,30,32)(H,33,34). The number of benzene rings is 3. The van der Waals surface area contributed by atoms with E-state index in [-0.39, 0.29) is 17.5 Å². The van der Waals surface area contributed by atoms with Crippen LogP contribution in [0.5, 0.6) is 17.2 Å². The van der Waals surface area contributed by atoms with Gasteiger partial charge in [-0.25, -0.2) is 9.37 Å². The molecule has 1 amide bonds. The molecule has 0 unspecified atom stereocenters. The van der Waals surface area contributed by atoms with Crippen LogP contribution in [0.3, 0.4) is 0 Å². The highest BCUT2D eigenvalue weighted by Gasteiger charge is 2.14. The van der Waals surface area contributed by atoms with Crippen LogP contribution in [0.2, 0.25) is 0 Å². The van der Waals surface area contributed by atoms with E-state index in [9.17, 15) is 9.18 Å². The average molecular weight is 487 g/mol. The minimum absolute atomic E-state index is 0.00515. The molecule has 0 saturated carbocycles. The van der Waals surface area contributed by atoms with Gasteiger partial charge in [0.15, 0.2) is 11.6 Å². The summed E-state index contributed by atoms with van der Waals surface area (Å²) in [7, 11) is 1.62. The van der Waals surface area contributed by atoms with Crippen LogP contribution in [0, 0.1) is 12.7 Å². The van der Waals surface area contributed by atoms with Crippen molar-refractivity contribution in [3.8, 4) is 17.2 Å². The number of pyridine rings is 1. The second kappa shape index (κ2) is 11.3. The van der Waals surface area contributed by atoms with Crippen LogP contribution < -0.4 is 25.8 Å². The van der Waals surface area contributed by atoms with E-state index in [0.29, 0.717) is 35.7 Å². The molecule has 0 atom stereocenters. The van der Waals surface area contributed by atoms with Gasteiger partial charge in [0.1, 0.15) is 17.3 Å². The van der Waals surface area contributed by atoms with Gasteiger partial charge in [-0.15, -0.1) is 0 Å². The fourth-order valence-electron chi connectivity index (χ4n) is 3.61. The molecule has 4 aromatic rings. The molecule has 36 heavy (non-hydrogen) atoms. The van der Waals surface area contributed by atoms with Gasteiger partial charge >= 0.3 is 0 Å². The molecule has 0 aliphatic heterocycles. The largest absolute Gasteiger partial charge is 0.497 e.